The fraction of sp³-hybridized carbons (Fsp3) is 0.357. The SMILES string of the molecule is Cc1cn(-c2ccccc2)c(NCC(C)C)n1. The topological polar surface area (TPSA) is 29.9 Å². The van der Waals surface area contributed by atoms with Crippen molar-refractivity contribution in [1.82, 2.24) is 9.55 Å². The molecule has 1 heterocycles. The predicted molar refractivity (Wildman–Crippen MR) is 71.6 cm³/mol. The molecule has 0 aliphatic rings. The molecule has 2 rings (SSSR count). The van der Waals surface area contributed by atoms with Gasteiger partial charge in [-0.3, -0.25) is 4.57 Å². The van der Waals surface area contributed by atoms with Gasteiger partial charge in [0.25, 0.3) is 0 Å². The van der Waals surface area contributed by atoms with E-state index in [2.05, 4.69) is 47.0 Å². The normalized spacial score (nSPS) is 10.8. The highest BCUT2D eigenvalue weighted by Gasteiger charge is 2.07. The molecule has 1 aromatic heterocycles. The molecule has 0 unspecified atom stereocenters. The fourth-order valence-electron chi connectivity index (χ4n) is 1.70. The van der Waals surface area contributed by atoms with Gasteiger partial charge in [-0.05, 0) is 25.0 Å². The van der Waals surface area contributed by atoms with E-state index in [0.29, 0.717) is 5.92 Å². The molecule has 3 heteroatoms. The molecule has 0 saturated carbocycles. The maximum atomic E-state index is 4.51. The quantitative estimate of drug-likeness (QED) is 0.872. The summed E-state index contributed by atoms with van der Waals surface area (Å²) in [5.41, 5.74) is 2.17. The van der Waals surface area contributed by atoms with Crippen LogP contribution in [0.15, 0.2) is 36.5 Å². The van der Waals surface area contributed by atoms with Gasteiger partial charge < -0.3 is 5.32 Å². The Morgan fingerprint density at radius 3 is 2.59 bits per heavy atom. The first-order chi connectivity index (χ1) is 8.16. The van der Waals surface area contributed by atoms with Gasteiger partial charge >= 0.3 is 0 Å². The van der Waals surface area contributed by atoms with Gasteiger partial charge in [-0.25, -0.2) is 4.98 Å². The molecule has 0 aliphatic carbocycles. The summed E-state index contributed by atoms with van der Waals surface area (Å²) in [6, 6.07) is 10.3. The molecule has 0 fully saturated rings. The van der Waals surface area contributed by atoms with Crippen LogP contribution in [-0.2, 0) is 0 Å². The lowest BCUT2D eigenvalue weighted by Gasteiger charge is -2.11. The summed E-state index contributed by atoms with van der Waals surface area (Å²) in [6.45, 7) is 7.33. The zero-order chi connectivity index (χ0) is 12.3. The first-order valence-electron chi connectivity index (χ1n) is 6.02. The molecular formula is C14H19N3. The predicted octanol–water partition coefficient (Wildman–Crippen LogP) is 3.25. The van der Waals surface area contributed by atoms with Crippen molar-refractivity contribution in [2.75, 3.05) is 11.9 Å². The van der Waals surface area contributed by atoms with Crippen molar-refractivity contribution in [1.29, 1.82) is 0 Å². The van der Waals surface area contributed by atoms with Crippen molar-refractivity contribution in [2.24, 2.45) is 5.92 Å². The van der Waals surface area contributed by atoms with Crippen LogP contribution in [0.25, 0.3) is 5.69 Å². The molecule has 2 aromatic rings. The van der Waals surface area contributed by atoms with Crippen molar-refractivity contribution < 1.29 is 0 Å². The first-order valence-corrected chi connectivity index (χ1v) is 6.02. The van der Waals surface area contributed by atoms with E-state index in [0.717, 1.165) is 23.9 Å². The minimum absolute atomic E-state index is 0.608. The molecule has 0 aliphatic heterocycles. The fourth-order valence-corrected chi connectivity index (χ4v) is 1.70. The van der Waals surface area contributed by atoms with E-state index in [1.54, 1.807) is 0 Å². The zero-order valence-electron chi connectivity index (χ0n) is 10.6. The molecule has 17 heavy (non-hydrogen) atoms. The summed E-state index contributed by atoms with van der Waals surface area (Å²) in [6.07, 6.45) is 2.05. The van der Waals surface area contributed by atoms with Gasteiger partial charge in [0, 0.05) is 18.4 Å². The van der Waals surface area contributed by atoms with Crippen LogP contribution >= 0.6 is 0 Å². The van der Waals surface area contributed by atoms with Crippen LogP contribution in [-0.4, -0.2) is 16.1 Å². The number of nitrogens with zero attached hydrogens (tertiary/aromatic N) is 2. The van der Waals surface area contributed by atoms with Crippen LogP contribution in [0, 0.1) is 12.8 Å². The Morgan fingerprint density at radius 2 is 1.94 bits per heavy atom. The average Bonchev–Trinajstić information content (AvgIpc) is 2.69. The smallest absolute Gasteiger partial charge is 0.207 e. The summed E-state index contributed by atoms with van der Waals surface area (Å²) in [5.74, 6) is 1.53. The minimum atomic E-state index is 0.608. The van der Waals surface area contributed by atoms with E-state index >= 15 is 0 Å². The van der Waals surface area contributed by atoms with Gasteiger partial charge in [-0.2, -0.15) is 0 Å². The Kier molecular flexibility index (Phi) is 3.47. The molecule has 0 radical (unpaired) electrons. The van der Waals surface area contributed by atoms with Gasteiger partial charge in [0.2, 0.25) is 5.95 Å². The van der Waals surface area contributed by atoms with Crippen molar-refractivity contribution in [2.45, 2.75) is 20.8 Å². The van der Waals surface area contributed by atoms with Gasteiger partial charge in [0.15, 0.2) is 0 Å². The Hall–Kier alpha value is -1.77. The summed E-state index contributed by atoms with van der Waals surface area (Å²) in [5, 5.41) is 3.38. The molecule has 0 saturated heterocycles. The lowest BCUT2D eigenvalue weighted by atomic mass is 10.2. The monoisotopic (exact) mass is 229 g/mol. The second kappa shape index (κ2) is 5.04. The summed E-state index contributed by atoms with van der Waals surface area (Å²) in [7, 11) is 0. The van der Waals surface area contributed by atoms with E-state index in [1.807, 2.05) is 25.1 Å². The zero-order valence-corrected chi connectivity index (χ0v) is 10.6. The lowest BCUT2D eigenvalue weighted by molar-refractivity contribution is 0.683. The molecule has 1 N–H and O–H groups in total. The Labute approximate surface area is 103 Å². The number of aryl methyl sites for hydroxylation is 1. The third kappa shape index (κ3) is 2.87. The average molecular weight is 229 g/mol. The lowest BCUT2D eigenvalue weighted by Crippen LogP contribution is -2.11. The van der Waals surface area contributed by atoms with Crippen LogP contribution in [0.4, 0.5) is 5.95 Å². The number of benzene rings is 1. The molecule has 3 nitrogen and oxygen atoms in total. The molecule has 0 amide bonds. The summed E-state index contributed by atoms with van der Waals surface area (Å²) >= 11 is 0. The number of nitrogens with one attached hydrogen (secondary N) is 1. The number of anilines is 1. The van der Waals surface area contributed by atoms with Crippen LogP contribution in [0.5, 0.6) is 0 Å². The van der Waals surface area contributed by atoms with Crippen molar-refractivity contribution >= 4 is 5.95 Å². The molecule has 90 valence electrons. The highest BCUT2D eigenvalue weighted by molar-refractivity contribution is 5.42. The number of imidazole rings is 1. The number of hydrogen-bond acceptors (Lipinski definition) is 2. The van der Waals surface area contributed by atoms with Crippen LogP contribution in [0.1, 0.15) is 19.5 Å². The van der Waals surface area contributed by atoms with Crippen molar-refractivity contribution in [3.63, 3.8) is 0 Å². The second-order valence-electron chi connectivity index (χ2n) is 4.69. The Morgan fingerprint density at radius 1 is 1.24 bits per heavy atom. The van der Waals surface area contributed by atoms with E-state index in [4.69, 9.17) is 0 Å². The Bertz CT molecular complexity index is 471. The first kappa shape index (κ1) is 11.7. The third-order valence-corrected chi connectivity index (χ3v) is 2.53. The van der Waals surface area contributed by atoms with Gasteiger partial charge in [-0.1, -0.05) is 32.0 Å². The van der Waals surface area contributed by atoms with Crippen LogP contribution < -0.4 is 5.32 Å². The maximum Gasteiger partial charge on any atom is 0.207 e. The van der Waals surface area contributed by atoms with Crippen LogP contribution in [0.3, 0.4) is 0 Å². The number of hydrogen-bond donors (Lipinski definition) is 1. The number of para-hydroxylation sites is 1. The minimum Gasteiger partial charge on any atom is -0.355 e. The van der Waals surface area contributed by atoms with E-state index in [9.17, 15) is 0 Å². The molecule has 0 bridgehead atoms. The van der Waals surface area contributed by atoms with Gasteiger partial charge in [0.05, 0.1) is 5.69 Å². The summed E-state index contributed by atoms with van der Waals surface area (Å²) in [4.78, 5) is 4.51. The highest BCUT2D eigenvalue weighted by atomic mass is 15.2. The molecule has 0 spiro atoms. The largest absolute Gasteiger partial charge is 0.355 e. The summed E-state index contributed by atoms with van der Waals surface area (Å²) < 4.78 is 2.09. The Balaban J connectivity index is 2.28. The number of rotatable bonds is 4. The van der Waals surface area contributed by atoms with Crippen LogP contribution in [0.2, 0.25) is 0 Å². The van der Waals surface area contributed by atoms with Gasteiger partial charge in [0.1, 0.15) is 0 Å². The number of aromatic nitrogens is 2. The molecule has 1 aromatic carbocycles. The van der Waals surface area contributed by atoms with E-state index in [1.165, 1.54) is 0 Å². The van der Waals surface area contributed by atoms with Crippen molar-refractivity contribution in [3.8, 4) is 5.69 Å². The maximum absolute atomic E-state index is 4.51. The molecule has 0 atom stereocenters. The van der Waals surface area contributed by atoms with Crippen molar-refractivity contribution in [3.05, 3.63) is 42.2 Å². The van der Waals surface area contributed by atoms with E-state index in [-0.39, 0.29) is 0 Å². The third-order valence-electron chi connectivity index (χ3n) is 2.53. The second-order valence-corrected chi connectivity index (χ2v) is 4.69. The van der Waals surface area contributed by atoms with Gasteiger partial charge in [-0.15, -0.1) is 0 Å². The van der Waals surface area contributed by atoms with E-state index < -0.39 is 0 Å². The standard InChI is InChI=1S/C14H19N3/c1-11(2)9-15-14-16-12(3)10-17(14)13-7-5-4-6-8-13/h4-8,10-11H,9H2,1-3H3,(H,15,16). The highest BCUT2D eigenvalue weighted by Crippen LogP contribution is 2.16. The molecular weight excluding hydrogens is 210 g/mol.